The molecule has 0 spiro atoms. The maximum atomic E-state index is 11.4. The third kappa shape index (κ3) is 4.44. The summed E-state index contributed by atoms with van der Waals surface area (Å²) in [7, 11) is 0. The van der Waals surface area contributed by atoms with E-state index in [9.17, 15) is 39.6 Å². The summed E-state index contributed by atoms with van der Waals surface area (Å²) in [5.74, 6) is -5.57. The Labute approximate surface area is 142 Å². The molecule has 1 aliphatic rings. The Bertz CT molecular complexity index is 527. The normalized spacial score (nSPS) is 20.1. The average Bonchev–Trinajstić information content (AvgIpc) is 2.32. The van der Waals surface area contributed by atoms with Crippen LogP contribution in [0.5, 0.6) is 0 Å². The fourth-order valence-corrected chi connectivity index (χ4v) is 4.13. The van der Waals surface area contributed by atoms with Crippen molar-refractivity contribution in [1.29, 1.82) is 0 Å². The maximum absolute atomic E-state index is 11.4. The van der Waals surface area contributed by atoms with Gasteiger partial charge in [-0.05, 0) is 19.3 Å². The van der Waals surface area contributed by atoms with Crippen molar-refractivity contribution in [3.63, 3.8) is 0 Å². The molecule has 0 amide bonds. The predicted octanol–water partition coefficient (Wildman–Crippen LogP) is -1.17. The molecule has 25 heavy (non-hydrogen) atoms. The highest BCUT2D eigenvalue weighted by molar-refractivity contribution is 5.76. The van der Waals surface area contributed by atoms with Crippen LogP contribution in [-0.2, 0) is 19.2 Å². The van der Waals surface area contributed by atoms with Gasteiger partial charge in [0.2, 0.25) is 0 Å². The summed E-state index contributed by atoms with van der Waals surface area (Å²) >= 11 is 0. The first kappa shape index (κ1) is 22.8. The Morgan fingerprint density at radius 3 is 1.40 bits per heavy atom. The first-order valence-electron chi connectivity index (χ1n) is 7.32. The van der Waals surface area contributed by atoms with Crippen LogP contribution in [0.15, 0.2) is 0 Å². The second-order valence-corrected chi connectivity index (χ2v) is 6.54. The zero-order valence-electron chi connectivity index (χ0n) is 13.5. The molecule has 0 aliphatic heterocycles. The summed E-state index contributed by atoms with van der Waals surface area (Å²) in [5, 5.41) is 37.0. The van der Waals surface area contributed by atoms with Gasteiger partial charge in [0.25, 0.3) is 0 Å². The predicted molar refractivity (Wildman–Crippen MR) is 82.4 cm³/mol. The van der Waals surface area contributed by atoms with Gasteiger partial charge in [0.15, 0.2) is 0 Å². The topological polar surface area (TPSA) is 233 Å². The van der Waals surface area contributed by atoms with Crippen molar-refractivity contribution in [2.45, 2.75) is 50.6 Å². The van der Waals surface area contributed by atoms with Gasteiger partial charge in [0, 0.05) is 10.8 Å². The summed E-state index contributed by atoms with van der Waals surface area (Å²) in [6, 6.07) is 0. The summed E-state index contributed by atoms with van der Waals surface area (Å²) in [4.78, 5) is 45.5. The molecule has 0 bridgehead atoms. The van der Waals surface area contributed by atoms with Gasteiger partial charge >= 0.3 is 23.9 Å². The van der Waals surface area contributed by atoms with E-state index in [1.165, 1.54) is 0 Å². The zero-order valence-corrected chi connectivity index (χ0v) is 13.5. The van der Waals surface area contributed by atoms with Crippen LogP contribution in [0, 0.1) is 10.8 Å². The van der Waals surface area contributed by atoms with Gasteiger partial charge in [-0.3, -0.25) is 19.2 Å². The molecular formula is C14H24N2O9. The minimum Gasteiger partial charge on any atom is -0.481 e. The lowest BCUT2D eigenvalue weighted by Crippen LogP contribution is -2.72. The number of carboxylic acids is 4. The van der Waals surface area contributed by atoms with E-state index in [-0.39, 0.29) is 24.7 Å². The highest BCUT2D eigenvalue weighted by Crippen LogP contribution is 2.60. The van der Waals surface area contributed by atoms with Crippen molar-refractivity contribution in [3.05, 3.63) is 0 Å². The highest BCUT2D eigenvalue weighted by atomic mass is 16.4. The fraction of sp³-hybridized carbons (Fsp3) is 0.714. The molecule has 1 fully saturated rings. The molecule has 10 N–H and O–H groups in total. The number of aliphatic carboxylic acids is 4. The van der Waals surface area contributed by atoms with Crippen molar-refractivity contribution >= 4 is 23.9 Å². The molecule has 0 aromatic rings. The lowest BCUT2D eigenvalue weighted by atomic mass is 9.46. The average molecular weight is 364 g/mol. The molecule has 0 aromatic heterocycles. The molecule has 11 heteroatoms. The van der Waals surface area contributed by atoms with Crippen LogP contribution in [0.2, 0.25) is 0 Å². The van der Waals surface area contributed by atoms with Crippen LogP contribution in [0.3, 0.4) is 0 Å². The fourth-order valence-electron chi connectivity index (χ4n) is 4.13. The summed E-state index contributed by atoms with van der Waals surface area (Å²) < 4.78 is 0. The molecular weight excluding hydrogens is 340 g/mol. The highest BCUT2D eigenvalue weighted by Gasteiger charge is 2.64. The molecule has 0 heterocycles. The quantitative estimate of drug-likeness (QED) is 0.282. The largest absolute Gasteiger partial charge is 0.481 e. The SMILES string of the molecule is NC1(N)CCCC(CC(=O)O)(CC(=O)O)C1(CC(=O)O)CC(=O)O.O. The lowest BCUT2D eigenvalue weighted by Gasteiger charge is -2.59. The van der Waals surface area contributed by atoms with Crippen molar-refractivity contribution in [2.75, 3.05) is 0 Å². The van der Waals surface area contributed by atoms with E-state index in [0.29, 0.717) is 0 Å². The van der Waals surface area contributed by atoms with Gasteiger partial charge in [0.1, 0.15) is 0 Å². The zero-order chi connectivity index (χ0) is 18.8. The van der Waals surface area contributed by atoms with Gasteiger partial charge in [-0.1, -0.05) is 0 Å². The molecule has 0 atom stereocenters. The van der Waals surface area contributed by atoms with Gasteiger partial charge in [-0.15, -0.1) is 0 Å². The van der Waals surface area contributed by atoms with Crippen LogP contribution in [0.1, 0.15) is 44.9 Å². The third-order valence-electron chi connectivity index (χ3n) is 5.04. The lowest BCUT2D eigenvalue weighted by molar-refractivity contribution is -0.176. The van der Waals surface area contributed by atoms with Crippen molar-refractivity contribution < 1.29 is 45.1 Å². The van der Waals surface area contributed by atoms with E-state index in [1.54, 1.807) is 0 Å². The number of hydrogen-bond donors (Lipinski definition) is 6. The van der Waals surface area contributed by atoms with E-state index in [4.69, 9.17) is 11.5 Å². The van der Waals surface area contributed by atoms with E-state index in [1.807, 2.05) is 0 Å². The number of carbonyl (C=O) groups is 4. The monoisotopic (exact) mass is 364 g/mol. The minimum atomic E-state index is -1.91. The van der Waals surface area contributed by atoms with Crippen molar-refractivity contribution in [3.8, 4) is 0 Å². The third-order valence-corrected chi connectivity index (χ3v) is 5.04. The molecule has 0 radical (unpaired) electrons. The second-order valence-electron chi connectivity index (χ2n) is 6.54. The van der Waals surface area contributed by atoms with Gasteiger partial charge < -0.3 is 37.4 Å². The summed E-state index contributed by atoms with van der Waals surface area (Å²) in [5.41, 5.74) is 6.68. The standard InChI is InChI=1S/C14H22N2O8.H2O/c15-14(16)3-1-2-12(4-8(17)18,5-9(19)20)13(14,6-10(21)22)7-11(23)24;/h1-7,15-16H2,(H,17,18)(H,19,20)(H,21,22)(H,23,24);1H2. The number of rotatable bonds is 8. The molecule has 0 aromatic carbocycles. The molecule has 1 rings (SSSR count). The Hall–Kier alpha value is -2.24. The van der Waals surface area contributed by atoms with Crippen LogP contribution in [0.25, 0.3) is 0 Å². The Morgan fingerprint density at radius 1 is 0.720 bits per heavy atom. The van der Waals surface area contributed by atoms with Crippen LogP contribution >= 0.6 is 0 Å². The number of nitrogens with two attached hydrogens (primary N) is 2. The van der Waals surface area contributed by atoms with E-state index >= 15 is 0 Å². The van der Waals surface area contributed by atoms with Crippen molar-refractivity contribution in [2.24, 2.45) is 22.3 Å². The Morgan fingerprint density at radius 2 is 1.08 bits per heavy atom. The van der Waals surface area contributed by atoms with Gasteiger partial charge in [-0.25, -0.2) is 0 Å². The molecule has 1 aliphatic carbocycles. The Kier molecular flexibility index (Phi) is 7.07. The first-order valence-corrected chi connectivity index (χ1v) is 7.32. The first-order chi connectivity index (χ1) is 10.9. The molecule has 0 saturated heterocycles. The van der Waals surface area contributed by atoms with Crippen LogP contribution in [-0.4, -0.2) is 55.4 Å². The van der Waals surface area contributed by atoms with Crippen molar-refractivity contribution in [1.82, 2.24) is 0 Å². The molecule has 11 nitrogen and oxygen atoms in total. The second kappa shape index (κ2) is 7.76. The van der Waals surface area contributed by atoms with Gasteiger partial charge in [0.05, 0.1) is 31.3 Å². The Balaban J connectivity index is 0.00000576. The van der Waals surface area contributed by atoms with E-state index in [0.717, 1.165) is 0 Å². The van der Waals surface area contributed by atoms with Crippen LogP contribution < -0.4 is 11.5 Å². The number of hydrogen-bond acceptors (Lipinski definition) is 6. The smallest absolute Gasteiger partial charge is 0.304 e. The molecule has 0 unspecified atom stereocenters. The van der Waals surface area contributed by atoms with E-state index in [2.05, 4.69) is 0 Å². The summed E-state index contributed by atoms with van der Waals surface area (Å²) in [6.45, 7) is 0. The minimum absolute atomic E-state index is 0. The maximum Gasteiger partial charge on any atom is 0.304 e. The van der Waals surface area contributed by atoms with E-state index < -0.39 is 66.1 Å². The molecule has 144 valence electrons. The molecule has 1 saturated carbocycles. The number of carboxylic acid groups (broad SMARTS) is 4. The van der Waals surface area contributed by atoms with Gasteiger partial charge in [-0.2, -0.15) is 0 Å². The van der Waals surface area contributed by atoms with Crippen LogP contribution in [0.4, 0.5) is 0 Å². The summed E-state index contributed by atoms with van der Waals surface area (Å²) in [6.07, 6.45) is -2.75.